The first-order valence-corrected chi connectivity index (χ1v) is 16.5. The molecule has 0 radical (unpaired) electrons. The van der Waals surface area contributed by atoms with Gasteiger partial charge in [-0.25, -0.2) is 18.7 Å². The van der Waals surface area contributed by atoms with Crippen LogP contribution in [0.15, 0.2) is 24.5 Å². The van der Waals surface area contributed by atoms with Gasteiger partial charge in [-0.15, -0.1) is 0 Å². The average molecular weight is 714 g/mol. The van der Waals surface area contributed by atoms with Crippen molar-refractivity contribution in [2.45, 2.75) is 57.9 Å². The van der Waals surface area contributed by atoms with E-state index >= 15 is 4.39 Å². The number of nitrogens with zero attached hydrogens (tertiary/aromatic N) is 7. The van der Waals surface area contributed by atoms with Crippen LogP contribution >= 0.6 is 0 Å². The predicted octanol–water partition coefficient (Wildman–Crippen LogP) is 5.99. The van der Waals surface area contributed by atoms with Crippen molar-refractivity contribution in [3.63, 3.8) is 0 Å². The van der Waals surface area contributed by atoms with E-state index in [1.165, 1.54) is 25.3 Å². The van der Waals surface area contributed by atoms with Crippen LogP contribution in [0, 0.1) is 18.6 Å². The highest BCUT2D eigenvalue weighted by Gasteiger charge is 2.40. The van der Waals surface area contributed by atoms with Crippen LogP contribution in [0.3, 0.4) is 0 Å². The number of hydrogen-bond donors (Lipinski definition) is 2. The summed E-state index contributed by atoms with van der Waals surface area (Å²) in [5, 5.41) is 6.63. The van der Waals surface area contributed by atoms with E-state index in [1.54, 1.807) is 25.9 Å². The minimum Gasteiger partial charge on any atom is -0.475 e. The van der Waals surface area contributed by atoms with Gasteiger partial charge in [0.05, 0.1) is 42.2 Å². The molecule has 270 valence electrons. The van der Waals surface area contributed by atoms with Crippen LogP contribution in [0.2, 0.25) is 0 Å². The molecule has 17 heteroatoms. The zero-order chi connectivity index (χ0) is 36.2. The van der Waals surface area contributed by atoms with Crippen LogP contribution in [0.1, 0.15) is 49.4 Å². The lowest BCUT2D eigenvalue weighted by Crippen LogP contribution is -2.39. The predicted molar refractivity (Wildman–Crippen MR) is 179 cm³/mol. The second-order valence-corrected chi connectivity index (χ2v) is 12.9. The van der Waals surface area contributed by atoms with Crippen LogP contribution in [-0.4, -0.2) is 87.1 Å². The molecule has 6 heterocycles. The number of rotatable bonds is 9. The highest BCUT2D eigenvalue weighted by molar-refractivity contribution is 6.02. The van der Waals surface area contributed by atoms with E-state index in [9.17, 15) is 17.6 Å². The number of hydrogen-bond acceptors (Lipinski definition) is 11. The van der Waals surface area contributed by atoms with E-state index < -0.39 is 46.7 Å². The fourth-order valence-electron chi connectivity index (χ4n) is 7.22. The second kappa shape index (κ2) is 13.3. The SMILES string of the molecule is COCCN1CCC[C@H]1COc1nc2c3c(nc(-c4c(C(F)(F)F)c(C)cc5[nH]ncc45)c(F)c3n1)OC[C@H](C)N2[C@H](C)c1cc(F)cnc1N. The quantitative estimate of drug-likeness (QED) is 0.174. The maximum Gasteiger partial charge on any atom is 0.417 e. The number of alkyl halides is 3. The molecular formula is C34H36F5N9O3. The first-order chi connectivity index (χ1) is 24.4. The normalized spacial score (nSPS) is 18.7. The Bertz CT molecular complexity index is 2110. The highest BCUT2D eigenvalue weighted by Crippen LogP contribution is 2.47. The van der Waals surface area contributed by atoms with E-state index in [0.29, 0.717) is 18.7 Å². The lowest BCUT2D eigenvalue weighted by molar-refractivity contribution is -0.137. The van der Waals surface area contributed by atoms with E-state index in [1.807, 2.05) is 0 Å². The minimum absolute atomic E-state index is 0.00143. The van der Waals surface area contributed by atoms with Gasteiger partial charge in [0.25, 0.3) is 0 Å². The Kier molecular flexibility index (Phi) is 9.03. The zero-order valence-corrected chi connectivity index (χ0v) is 28.3. The van der Waals surface area contributed by atoms with Gasteiger partial charge >= 0.3 is 12.2 Å². The molecule has 1 saturated heterocycles. The molecule has 12 nitrogen and oxygen atoms in total. The molecule has 0 bridgehead atoms. The van der Waals surface area contributed by atoms with Gasteiger partial charge in [-0.3, -0.25) is 10.00 Å². The summed E-state index contributed by atoms with van der Waals surface area (Å²) in [5.41, 5.74) is 4.09. The molecule has 3 N–H and O–H groups in total. The van der Waals surface area contributed by atoms with Crippen molar-refractivity contribution >= 4 is 33.4 Å². The summed E-state index contributed by atoms with van der Waals surface area (Å²) in [6.45, 7) is 7.02. The molecule has 2 aliphatic rings. The van der Waals surface area contributed by atoms with Gasteiger partial charge in [-0.2, -0.15) is 28.2 Å². The Balaban J connectivity index is 1.45. The molecule has 5 aromatic rings. The van der Waals surface area contributed by atoms with Gasteiger partial charge in [0.2, 0.25) is 5.88 Å². The number of ether oxygens (including phenoxy) is 3. The lowest BCUT2D eigenvalue weighted by atomic mass is 9.94. The van der Waals surface area contributed by atoms with Gasteiger partial charge in [-0.1, -0.05) is 0 Å². The standard InChI is InChI=1S/C34H36F5N9O3/c1-16-10-23-22(13-42-46-23)24(26(16)34(37,38)39)28-27(36)29-25-31(45-33(44-29)51-15-20-6-5-7-47(20)8-9-49-4)48(17(2)14-50-32(25)43-28)18(3)21-11-19(35)12-41-30(21)40/h10-13,17-18,20H,5-9,14-15H2,1-4H3,(H2,40,41)(H,42,46)/t17-,18+,20-/m0/s1. The average Bonchev–Trinajstić information content (AvgIpc) is 3.72. The van der Waals surface area contributed by atoms with Crippen molar-refractivity contribution in [1.82, 2.24) is 35.0 Å². The first kappa shape index (κ1) is 34.5. The van der Waals surface area contributed by atoms with E-state index in [0.717, 1.165) is 25.6 Å². The monoisotopic (exact) mass is 713 g/mol. The summed E-state index contributed by atoms with van der Waals surface area (Å²) < 4.78 is 93.3. The molecule has 0 spiro atoms. The maximum atomic E-state index is 17.1. The number of nitrogens with two attached hydrogens (primary N) is 1. The van der Waals surface area contributed by atoms with Crippen molar-refractivity contribution in [3.8, 4) is 23.1 Å². The number of nitrogens with one attached hydrogen (secondary N) is 1. The minimum atomic E-state index is -4.87. The number of fused-ring (bicyclic) bond motifs is 1. The molecule has 1 fully saturated rings. The summed E-state index contributed by atoms with van der Waals surface area (Å²) in [6.07, 6.45) is -0.891. The van der Waals surface area contributed by atoms with E-state index in [-0.39, 0.29) is 70.2 Å². The third-order valence-corrected chi connectivity index (χ3v) is 9.63. The van der Waals surface area contributed by atoms with Crippen molar-refractivity contribution in [1.29, 1.82) is 0 Å². The number of H-pyrrole nitrogens is 1. The van der Waals surface area contributed by atoms with Crippen LogP contribution in [0.5, 0.6) is 11.9 Å². The number of likely N-dealkylation sites (tertiary alicyclic amines) is 1. The number of aryl methyl sites for hydroxylation is 1. The Morgan fingerprint density at radius 1 is 1.16 bits per heavy atom. The first-order valence-electron chi connectivity index (χ1n) is 16.5. The molecule has 1 aromatic carbocycles. The molecule has 51 heavy (non-hydrogen) atoms. The third-order valence-electron chi connectivity index (χ3n) is 9.63. The van der Waals surface area contributed by atoms with Gasteiger partial charge in [0.1, 0.15) is 47.3 Å². The maximum absolute atomic E-state index is 17.1. The zero-order valence-electron chi connectivity index (χ0n) is 28.3. The van der Waals surface area contributed by atoms with Crippen LogP contribution in [0.4, 0.5) is 33.6 Å². The fraction of sp³-hybridized carbons (Fsp3) is 0.441. The molecule has 7 rings (SSSR count). The van der Waals surface area contributed by atoms with E-state index in [2.05, 4.69) is 30.0 Å². The molecule has 0 unspecified atom stereocenters. The van der Waals surface area contributed by atoms with Crippen molar-refractivity contribution in [2.24, 2.45) is 0 Å². The summed E-state index contributed by atoms with van der Waals surface area (Å²) in [6, 6.07) is 1.15. The summed E-state index contributed by atoms with van der Waals surface area (Å²) in [5.74, 6) is -1.73. The lowest BCUT2D eigenvalue weighted by Gasteiger charge is -2.35. The molecule has 3 atom stereocenters. The number of halogens is 5. The van der Waals surface area contributed by atoms with Gasteiger partial charge in [0, 0.05) is 36.2 Å². The van der Waals surface area contributed by atoms with Crippen LogP contribution in [0.25, 0.3) is 33.1 Å². The summed E-state index contributed by atoms with van der Waals surface area (Å²) in [4.78, 5) is 21.6. The summed E-state index contributed by atoms with van der Waals surface area (Å²) in [7, 11) is 1.63. The van der Waals surface area contributed by atoms with Crippen molar-refractivity contribution < 1.29 is 36.2 Å². The van der Waals surface area contributed by atoms with Crippen LogP contribution in [-0.2, 0) is 10.9 Å². The number of aromatic amines is 1. The Morgan fingerprint density at radius 2 is 1.96 bits per heavy atom. The number of nitrogen functional groups attached to an aromatic ring is 1. The number of pyridine rings is 2. The molecule has 0 aliphatic carbocycles. The Labute approximate surface area is 289 Å². The number of methoxy groups -OCH3 is 1. The number of benzene rings is 1. The molecule has 2 aliphatic heterocycles. The molecule has 4 aromatic heterocycles. The molecule has 0 saturated carbocycles. The van der Waals surface area contributed by atoms with Gasteiger partial charge in [-0.05, 0) is 57.9 Å². The topological polar surface area (TPSA) is 140 Å². The fourth-order valence-corrected chi connectivity index (χ4v) is 7.22. The summed E-state index contributed by atoms with van der Waals surface area (Å²) >= 11 is 0. The van der Waals surface area contributed by atoms with E-state index in [4.69, 9.17) is 24.9 Å². The second-order valence-electron chi connectivity index (χ2n) is 12.9. The smallest absolute Gasteiger partial charge is 0.417 e. The Hall–Kier alpha value is -4.90. The van der Waals surface area contributed by atoms with Gasteiger partial charge < -0.3 is 24.8 Å². The largest absolute Gasteiger partial charge is 0.475 e. The van der Waals surface area contributed by atoms with Crippen LogP contribution < -0.4 is 20.1 Å². The third kappa shape index (κ3) is 6.22. The van der Waals surface area contributed by atoms with Crippen molar-refractivity contribution in [3.05, 3.63) is 52.9 Å². The highest BCUT2D eigenvalue weighted by atomic mass is 19.4. The van der Waals surface area contributed by atoms with Crippen molar-refractivity contribution in [2.75, 3.05) is 50.7 Å². The number of aromatic nitrogens is 6. The van der Waals surface area contributed by atoms with Gasteiger partial charge in [0.15, 0.2) is 5.82 Å². The molecule has 0 amide bonds. The molecular weight excluding hydrogens is 677 g/mol. The Morgan fingerprint density at radius 3 is 2.73 bits per heavy atom. The number of anilines is 2.